The van der Waals surface area contributed by atoms with Gasteiger partial charge >= 0.3 is 0 Å². The molecule has 4 heteroatoms. The molecule has 0 saturated carbocycles. The van der Waals surface area contributed by atoms with Gasteiger partial charge in [0.25, 0.3) is 0 Å². The number of aldehydes is 1. The smallest absolute Gasteiger partial charge is 0.168 e. The molecule has 0 saturated heterocycles. The van der Waals surface area contributed by atoms with E-state index in [-0.39, 0.29) is 0 Å². The molecule has 0 spiro atoms. The van der Waals surface area contributed by atoms with E-state index < -0.39 is 11.8 Å². The van der Waals surface area contributed by atoms with Crippen LogP contribution < -0.4 is 5.73 Å². The summed E-state index contributed by atoms with van der Waals surface area (Å²) in [5, 5.41) is 9.55. The summed E-state index contributed by atoms with van der Waals surface area (Å²) in [5.41, 5.74) is 5.69. The molecule has 0 bridgehead atoms. The first kappa shape index (κ1) is 11.8. The molecule has 0 radical (unpaired) electrons. The van der Waals surface area contributed by atoms with Crippen molar-refractivity contribution in [2.75, 3.05) is 7.11 Å². The largest absolute Gasteiger partial charge is 0.389 e. The fourth-order valence-corrected chi connectivity index (χ4v) is 1.38. The van der Waals surface area contributed by atoms with Gasteiger partial charge in [0.05, 0.1) is 6.10 Å². The quantitative estimate of drug-likeness (QED) is 0.563. The van der Waals surface area contributed by atoms with E-state index in [4.69, 9.17) is 10.5 Å². The maximum atomic E-state index is 10.6. The number of aliphatic hydroxyl groups excluding tert-OH is 1. The predicted octanol–water partition coefficient (Wildman–Crippen LogP) is 0.638. The van der Waals surface area contributed by atoms with Crippen molar-refractivity contribution in [2.24, 2.45) is 5.73 Å². The summed E-state index contributed by atoms with van der Waals surface area (Å²) in [6.45, 7) is 1.54. The summed E-state index contributed by atoms with van der Waals surface area (Å²) in [6, 6.07) is 6.67. The van der Waals surface area contributed by atoms with Crippen LogP contribution in [0.3, 0.4) is 0 Å². The van der Waals surface area contributed by atoms with Crippen molar-refractivity contribution in [3.05, 3.63) is 35.4 Å². The van der Waals surface area contributed by atoms with Gasteiger partial charge < -0.3 is 9.84 Å². The van der Waals surface area contributed by atoms with E-state index >= 15 is 0 Å². The first-order valence-electron chi connectivity index (χ1n) is 4.62. The van der Waals surface area contributed by atoms with Crippen LogP contribution in [0.4, 0.5) is 0 Å². The molecule has 0 fully saturated rings. The summed E-state index contributed by atoms with van der Waals surface area (Å²) < 4.78 is 5.10. The van der Waals surface area contributed by atoms with Gasteiger partial charge in [-0.3, -0.25) is 10.5 Å². The Kier molecular flexibility index (Phi) is 3.57. The number of rotatable bonds is 4. The fourth-order valence-electron chi connectivity index (χ4n) is 1.38. The molecule has 0 aliphatic carbocycles. The number of nitrogens with two attached hydrogens (primary N) is 1. The zero-order chi connectivity index (χ0) is 11.5. The van der Waals surface area contributed by atoms with Crippen molar-refractivity contribution >= 4 is 6.29 Å². The molecule has 82 valence electrons. The molecule has 0 unspecified atom stereocenters. The number of hydrogen-bond donors (Lipinski definition) is 2. The summed E-state index contributed by atoms with van der Waals surface area (Å²) in [5.74, 6) is 0. The molecule has 0 amide bonds. The van der Waals surface area contributed by atoms with Crippen LogP contribution in [0.2, 0.25) is 0 Å². The lowest BCUT2D eigenvalue weighted by Gasteiger charge is -2.31. The highest BCUT2D eigenvalue weighted by Gasteiger charge is 2.32. The third-order valence-electron chi connectivity index (χ3n) is 2.43. The second-order valence-corrected chi connectivity index (χ2v) is 3.42. The van der Waals surface area contributed by atoms with Crippen molar-refractivity contribution in [2.45, 2.75) is 18.8 Å². The third kappa shape index (κ3) is 2.23. The zero-order valence-corrected chi connectivity index (χ0v) is 8.81. The number of carbonyl (C=O) groups is 1. The molecule has 1 rings (SSSR count). The van der Waals surface area contributed by atoms with Gasteiger partial charge in [0.2, 0.25) is 0 Å². The second-order valence-electron chi connectivity index (χ2n) is 3.42. The van der Waals surface area contributed by atoms with Gasteiger partial charge in [-0.05, 0) is 13.0 Å². The lowest BCUT2D eigenvalue weighted by Crippen LogP contribution is -2.48. The molecule has 0 heterocycles. The molecule has 1 aromatic rings. The van der Waals surface area contributed by atoms with E-state index in [0.717, 1.165) is 6.29 Å². The average molecular weight is 209 g/mol. The predicted molar refractivity (Wildman–Crippen MR) is 56.4 cm³/mol. The summed E-state index contributed by atoms with van der Waals surface area (Å²) in [6.07, 6.45) is -0.147. The Hall–Kier alpha value is -1.23. The fraction of sp³-hybridized carbons (Fsp3) is 0.364. The lowest BCUT2D eigenvalue weighted by atomic mass is 9.97. The first-order chi connectivity index (χ1) is 7.04. The third-order valence-corrected chi connectivity index (χ3v) is 2.43. The van der Waals surface area contributed by atoms with Gasteiger partial charge in [-0.15, -0.1) is 0 Å². The Labute approximate surface area is 88.7 Å². The minimum atomic E-state index is -1.28. The minimum Gasteiger partial charge on any atom is -0.389 e. The standard InChI is InChI=1S/C11H15NO3/c1-8(14)11(12,15-2)10-5-3-4-9(6-10)7-13/h3-8,14H,12H2,1-2H3/t8-,11+/m1/s1. The van der Waals surface area contributed by atoms with Crippen molar-refractivity contribution in [3.8, 4) is 0 Å². The molecule has 0 aromatic heterocycles. The minimum absolute atomic E-state index is 0.500. The van der Waals surface area contributed by atoms with Gasteiger partial charge in [0.15, 0.2) is 5.72 Å². The molecule has 4 nitrogen and oxygen atoms in total. The number of ether oxygens (including phenoxy) is 1. The average Bonchev–Trinajstić information content (AvgIpc) is 2.27. The number of methoxy groups -OCH3 is 1. The molecule has 0 aliphatic rings. The summed E-state index contributed by atoms with van der Waals surface area (Å²) >= 11 is 0. The lowest BCUT2D eigenvalue weighted by molar-refractivity contribution is -0.0970. The SMILES string of the molecule is CO[C@](N)(c1cccc(C=O)c1)[C@@H](C)O. The Bertz CT molecular complexity index is 351. The monoisotopic (exact) mass is 209 g/mol. The van der Waals surface area contributed by atoms with E-state index in [2.05, 4.69) is 0 Å². The van der Waals surface area contributed by atoms with E-state index in [1.54, 1.807) is 24.3 Å². The van der Waals surface area contributed by atoms with Gasteiger partial charge in [0.1, 0.15) is 6.29 Å². The van der Waals surface area contributed by atoms with Gasteiger partial charge in [-0.2, -0.15) is 0 Å². The van der Waals surface area contributed by atoms with Crippen molar-refractivity contribution in [3.63, 3.8) is 0 Å². The molecule has 1 aromatic carbocycles. The van der Waals surface area contributed by atoms with Gasteiger partial charge in [-0.1, -0.05) is 18.2 Å². The van der Waals surface area contributed by atoms with Gasteiger partial charge in [0, 0.05) is 18.2 Å². The van der Waals surface area contributed by atoms with Crippen LogP contribution in [0.5, 0.6) is 0 Å². The van der Waals surface area contributed by atoms with E-state index in [1.165, 1.54) is 14.0 Å². The Morgan fingerprint density at radius 2 is 2.27 bits per heavy atom. The normalized spacial score (nSPS) is 16.8. The number of hydrogen-bond acceptors (Lipinski definition) is 4. The number of carbonyl (C=O) groups excluding carboxylic acids is 1. The van der Waals surface area contributed by atoms with Crippen molar-refractivity contribution < 1.29 is 14.6 Å². The topological polar surface area (TPSA) is 72.5 Å². The van der Waals surface area contributed by atoms with Crippen LogP contribution >= 0.6 is 0 Å². The van der Waals surface area contributed by atoms with E-state index in [0.29, 0.717) is 11.1 Å². The Balaban J connectivity index is 3.17. The second kappa shape index (κ2) is 4.53. The van der Waals surface area contributed by atoms with E-state index in [9.17, 15) is 9.90 Å². The van der Waals surface area contributed by atoms with Crippen LogP contribution in [0.1, 0.15) is 22.8 Å². The molecule has 15 heavy (non-hydrogen) atoms. The molecular formula is C11H15NO3. The van der Waals surface area contributed by atoms with Gasteiger partial charge in [-0.25, -0.2) is 0 Å². The first-order valence-corrected chi connectivity index (χ1v) is 4.62. The number of aliphatic hydroxyl groups is 1. The molecular weight excluding hydrogens is 194 g/mol. The highest BCUT2D eigenvalue weighted by Crippen LogP contribution is 2.23. The van der Waals surface area contributed by atoms with Crippen LogP contribution in [-0.2, 0) is 10.5 Å². The maximum absolute atomic E-state index is 10.6. The Morgan fingerprint density at radius 1 is 1.60 bits per heavy atom. The highest BCUT2D eigenvalue weighted by molar-refractivity contribution is 5.75. The van der Waals surface area contributed by atoms with E-state index in [1.807, 2.05) is 0 Å². The molecule has 3 N–H and O–H groups in total. The number of benzene rings is 1. The molecule has 2 atom stereocenters. The summed E-state index contributed by atoms with van der Waals surface area (Å²) in [7, 11) is 1.42. The molecule has 0 aliphatic heterocycles. The van der Waals surface area contributed by atoms with Crippen LogP contribution in [0.25, 0.3) is 0 Å². The highest BCUT2D eigenvalue weighted by atomic mass is 16.5. The summed E-state index contributed by atoms with van der Waals surface area (Å²) in [4.78, 5) is 10.6. The zero-order valence-electron chi connectivity index (χ0n) is 8.81. The van der Waals surface area contributed by atoms with Crippen LogP contribution in [0, 0.1) is 0 Å². The van der Waals surface area contributed by atoms with Crippen LogP contribution in [0.15, 0.2) is 24.3 Å². The Morgan fingerprint density at radius 3 is 2.73 bits per heavy atom. The van der Waals surface area contributed by atoms with Crippen molar-refractivity contribution in [1.29, 1.82) is 0 Å². The van der Waals surface area contributed by atoms with Crippen molar-refractivity contribution in [1.82, 2.24) is 0 Å². The maximum Gasteiger partial charge on any atom is 0.168 e. The van der Waals surface area contributed by atoms with Crippen LogP contribution in [-0.4, -0.2) is 24.6 Å².